The van der Waals surface area contributed by atoms with Crippen LogP contribution >= 0.6 is 43.5 Å². The van der Waals surface area contributed by atoms with Gasteiger partial charge in [0.1, 0.15) is 6.61 Å². The van der Waals surface area contributed by atoms with Gasteiger partial charge in [-0.3, -0.25) is 0 Å². The summed E-state index contributed by atoms with van der Waals surface area (Å²) in [5.41, 5.74) is 3.18. The van der Waals surface area contributed by atoms with Crippen molar-refractivity contribution >= 4 is 43.5 Å². The lowest BCUT2D eigenvalue weighted by atomic mass is 10.1. The van der Waals surface area contributed by atoms with Gasteiger partial charge in [0.25, 0.3) is 0 Å². The Bertz CT molecular complexity index is 644. The Kier molecular flexibility index (Phi) is 5.97. The highest BCUT2D eigenvalue weighted by Crippen LogP contribution is 2.38. The summed E-state index contributed by atoms with van der Waals surface area (Å²) in [7, 11) is 1.63. The van der Waals surface area contributed by atoms with Gasteiger partial charge in [-0.15, -0.1) is 0 Å². The van der Waals surface area contributed by atoms with Crippen molar-refractivity contribution in [2.45, 2.75) is 18.9 Å². The molecular formula is C16H15Br2ClO2. The van der Waals surface area contributed by atoms with Crippen LogP contribution in [-0.4, -0.2) is 7.11 Å². The van der Waals surface area contributed by atoms with Crippen LogP contribution in [0.5, 0.6) is 11.5 Å². The molecule has 2 nitrogen and oxygen atoms in total. The first kappa shape index (κ1) is 16.7. The van der Waals surface area contributed by atoms with Crippen molar-refractivity contribution < 1.29 is 9.47 Å². The van der Waals surface area contributed by atoms with E-state index in [4.69, 9.17) is 21.1 Å². The molecule has 0 spiro atoms. The molecule has 0 heterocycles. The molecule has 0 aliphatic heterocycles. The van der Waals surface area contributed by atoms with Gasteiger partial charge in [-0.1, -0.05) is 39.7 Å². The molecule has 0 aliphatic rings. The molecule has 112 valence electrons. The van der Waals surface area contributed by atoms with Gasteiger partial charge in [0.2, 0.25) is 0 Å². The average molecular weight is 435 g/mol. The Hall–Kier alpha value is -0.710. The highest BCUT2D eigenvalue weighted by Gasteiger charge is 2.12. The Labute approximate surface area is 146 Å². The van der Waals surface area contributed by atoms with Crippen molar-refractivity contribution in [1.29, 1.82) is 0 Å². The monoisotopic (exact) mass is 432 g/mol. The van der Waals surface area contributed by atoms with Crippen LogP contribution in [0.4, 0.5) is 0 Å². The smallest absolute Gasteiger partial charge is 0.175 e. The van der Waals surface area contributed by atoms with Gasteiger partial charge in [-0.05, 0) is 52.2 Å². The van der Waals surface area contributed by atoms with E-state index in [1.165, 1.54) is 0 Å². The highest BCUT2D eigenvalue weighted by atomic mass is 79.9. The predicted octanol–water partition coefficient (Wildman–Crippen LogP) is 5.89. The normalized spacial score (nSPS) is 10.5. The topological polar surface area (TPSA) is 18.5 Å². The lowest BCUT2D eigenvalue weighted by Crippen LogP contribution is -2.00. The van der Waals surface area contributed by atoms with Crippen molar-refractivity contribution in [3.05, 3.63) is 56.5 Å². The van der Waals surface area contributed by atoms with Crippen molar-refractivity contribution in [3.63, 3.8) is 0 Å². The molecule has 0 atom stereocenters. The zero-order valence-electron chi connectivity index (χ0n) is 11.8. The molecule has 0 saturated heterocycles. The number of methoxy groups -OCH3 is 1. The van der Waals surface area contributed by atoms with Crippen LogP contribution in [0.1, 0.15) is 16.7 Å². The standard InChI is InChI=1S/C16H15Br2ClO2/c1-10-3-4-12(14(19)5-10)9-21-16-13(18)6-11(8-17)7-15(16)20-2/h3-7H,8-9H2,1-2H3. The average Bonchev–Trinajstić information content (AvgIpc) is 2.46. The second-order valence-electron chi connectivity index (χ2n) is 4.63. The number of alkyl halides is 1. The van der Waals surface area contributed by atoms with Gasteiger partial charge in [0.15, 0.2) is 11.5 Å². The summed E-state index contributed by atoms with van der Waals surface area (Å²) in [6.07, 6.45) is 0. The van der Waals surface area contributed by atoms with Gasteiger partial charge < -0.3 is 9.47 Å². The van der Waals surface area contributed by atoms with E-state index in [2.05, 4.69) is 31.9 Å². The first-order chi connectivity index (χ1) is 10.0. The van der Waals surface area contributed by atoms with Crippen molar-refractivity contribution in [2.24, 2.45) is 0 Å². The molecule has 0 radical (unpaired) electrons. The Morgan fingerprint density at radius 1 is 1.19 bits per heavy atom. The summed E-state index contributed by atoms with van der Waals surface area (Å²) < 4.78 is 12.2. The van der Waals surface area contributed by atoms with Crippen LogP contribution in [0.2, 0.25) is 5.02 Å². The number of aryl methyl sites for hydroxylation is 1. The van der Waals surface area contributed by atoms with E-state index in [1.807, 2.05) is 37.3 Å². The maximum Gasteiger partial charge on any atom is 0.175 e. The molecule has 21 heavy (non-hydrogen) atoms. The summed E-state index contributed by atoms with van der Waals surface area (Å²) in [5.74, 6) is 1.38. The number of ether oxygens (including phenoxy) is 2. The van der Waals surface area contributed by atoms with E-state index in [0.29, 0.717) is 23.1 Å². The van der Waals surface area contributed by atoms with E-state index >= 15 is 0 Å². The molecule has 0 bridgehead atoms. The summed E-state index contributed by atoms with van der Waals surface area (Å²) in [5, 5.41) is 1.47. The first-order valence-electron chi connectivity index (χ1n) is 6.35. The van der Waals surface area contributed by atoms with E-state index < -0.39 is 0 Å². The van der Waals surface area contributed by atoms with Crippen LogP contribution in [0.3, 0.4) is 0 Å². The lowest BCUT2D eigenvalue weighted by molar-refractivity contribution is 0.282. The maximum absolute atomic E-state index is 6.23. The SMILES string of the molecule is COc1cc(CBr)cc(Br)c1OCc1ccc(C)cc1Cl. The molecule has 0 fully saturated rings. The summed E-state index contributed by atoms with van der Waals surface area (Å²) in [6, 6.07) is 9.88. The van der Waals surface area contributed by atoms with Gasteiger partial charge in [0.05, 0.1) is 11.6 Å². The third-order valence-corrected chi connectivity index (χ3v) is 4.61. The minimum Gasteiger partial charge on any atom is -0.493 e. The fraction of sp³-hybridized carbons (Fsp3) is 0.250. The van der Waals surface area contributed by atoms with E-state index in [0.717, 1.165) is 26.5 Å². The minimum absolute atomic E-state index is 0.391. The minimum atomic E-state index is 0.391. The zero-order valence-corrected chi connectivity index (χ0v) is 15.7. The molecule has 0 N–H and O–H groups in total. The number of benzene rings is 2. The summed E-state index contributed by atoms with van der Waals surface area (Å²) in [6.45, 7) is 2.40. The van der Waals surface area contributed by atoms with Crippen LogP contribution < -0.4 is 9.47 Å². The van der Waals surface area contributed by atoms with Gasteiger partial charge in [0, 0.05) is 15.9 Å². The molecule has 0 aromatic heterocycles. The lowest BCUT2D eigenvalue weighted by Gasteiger charge is -2.14. The zero-order chi connectivity index (χ0) is 15.4. The number of hydrogen-bond acceptors (Lipinski definition) is 2. The Morgan fingerprint density at radius 3 is 2.57 bits per heavy atom. The third-order valence-electron chi connectivity index (χ3n) is 3.02. The number of halogens is 3. The van der Waals surface area contributed by atoms with Gasteiger partial charge >= 0.3 is 0 Å². The second-order valence-corrected chi connectivity index (χ2v) is 6.45. The number of rotatable bonds is 5. The summed E-state index contributed by atoms with van der Waals surface area (Å²) >= 11 is 13.2. The molecule has 5 heteroatoms. The fourth-order valence-corrected chi connectivity index (χ4v) is 3.13. The Balaban J connectivity index is 2.23. The molecule has 2 aromatic rings. The van der Waals surface area contributed by atoms with Crippen molar-refractivity contribution in [1.82, 2.24) is 0 Å². The fourth-order valence-electron chi connectivity index (χ4n) is 1.91. The largest absolute Gasteiger partial charge is 0.493 e. The quantitative estimate of drug-likeness (QED) is 0.546. The molecule has 0 aliphatic carbocycles. The first-order valence-corrected chi connectivity index (χ1v) is 8.64. The van der Waals surface area contributed by atoms with Gasteiger partial charge in [-0.2, -0.15) is 0 Å². The second kappa shape index (κ2) is 7.52. The number of hydrogen-bond donors (Lipinski definition) is 0. The maximum atomic E-state index is 6.23. The highest BCUT2D eigenvalue weighted by molar-refractivity contribution is 9.10. The van der Waals surface area contributed by atoms with Gasteiger partial charge in [-0.25, -0.2) is 0 Å². The molecule has 2 aromatic carbocycles. The molecule has 0 amide bonds. The van der Waals surface area contributed by atoms with Crippen LogP contribution in [0.25, 0.3) is 0 Å². The van der Waals surface area contributed by atoms with Crippen LogP contribution in [0.15, 0.2) is 34.8 Å². The Morgan fingerprint density at radius 2 is 1.95 bits per heavy atom. The predicted molar refractivity (Wildman–Crippen MR) is 93.8 cm³/mol. The summed E-state index contributed by atoms with van der Waals surface area (Å²) in [4.78, 5) is 0. The molecule has 2 rings (SSSR count). The van der Waals surface area contributed by atoms with Crippen LogP contribution in [-0.2, 0) is 11.9 Å². The van der Waals surface area contributed by atoms with E-state index in [1.54, 1.807) is 7.11 Å². The van der Waals surface area contributed by atoms with Crippen molar-refractivity contribution in [2.75, 3.05) is 7.11 Å². The molecule has 0 saturated carbocycles. The van der Waals surface area contributed by atoms with E-state index in [9.17, 15) is 0 Å². The molecule has 0 unspecified atom stereocenters. The third kappa shape index (κ3) is 4.15. The van der Waals surface area contributed by atoms with E-state index in [-0.39, 0.29) is 0 Å². The van der Waals surface area contributed by atoms with Crippen molar-refractivity contribution in [3.8, 4) is 11.5 Å². The van der Waals surface area contributed by atoms with Crippen LogP contribution in [0, 0.1) is 6.92 Å². The molecular weight excluding hydrogens is 419 g/mol.